The van der Waals surface area contributed by atoms with E-state index in [0.717, 1.165) is 22.0 Å². The van der Waals surface area contributed by atoms with Gasteiger partial charge in [-0.2, -0.15) is 0 Å². The molecule has 26 heavy (non-hydrogen) atoms. The van der Waals surface area contributed by atoms with Crippen LogP contribution in [0, 0.1) is 6.92 Å². The van der Waals surface area contributed by atoms with Gasteiger partial charge in [-0.3, -0.25) is 9.78 Å². The van der Waals surface area contributed by atoms with Crippen molar-refractivity contribution in [3.05, 3.63) is 65.0 Å². The number of ether oxygens (including phenoxy) is 1. The van der Waals surface area contributed by atoms with Crippen molar-refractivity contribution in [2.45, 2.75) is 6.92 Å². The maximum absolute atomic E-state index is 12.6. The molecule has 2 heterocycles. The van der Waals surface area contributed by atoms with Crippen LogP contribution in [0.1, 0.15) is 16.2 Å². The molecule has 1 N–H and O–H groups in total. The number of carbonyl (C=O) groups is 1. The number of amides is 1. The van der Waals surface area contributed by atoms with Crippen LogP contribution in [0.15, 0.2) is 52.9 Å². The molecule has 5 nitrogen and oxygen atoms in total. The number of furan rings is 1. The van der Waals surface area contributed by atoms with Gasteiger partial charge in [0.1, 0.15) is 11.3 Å². The van der Waals surface area contributed by atoms with E-state index in [-0.39, 0.29) is 11.7 Å². The van der Waals surface area contributed by atoms with Crippen molar-refractivity contribution in [2.75, 3.05) is 12.4 Å². The number of para-hydroxylation sites is 1. The van der Waals surface area contributed by atoms with E-state index >= 15 is 0 Å². The number of carbonyl (C=O) groups excluding carboxylic acids is 1. The lowest BCUT2D eigenvalue weighted by atomic mass is 10.1. The van der Waals surface area contributed by atoms with Crippen molar-refractivity contribution < 1.29 is 13.9 Å². The number of aromatic nitrogens is 1. The minimum Gasteiger partial charge on any atom is -0.495 e. The first-order valence-corrected chi connectivity index (χ1v) is 8.38. The second-order valence-electron chi connectivity index (χ2n) is 5.87. The van der Waals surface area contributed by atoms with E-state index in [1.165, 1.54) is 7.11 Å². The lowest BCUT2D eigenvalue weighted by Gasteiger charge is -2.06. The maximum atomic E-state index is 12.6. The highest BCUT2D eigenvalue weighted by Crippen LogP contribution is 2.30. The molecule has 4 aromatic rings. The third-order valence-corrected chi connectivity index (χ3v) is 4.49. The summed E-state index contributed by atoms with van der Waals surface area (Å²) in [5.74, 6) is 0.403. The fourth-order valence-corrected chi connectivity index (χ4v) is 3.17. The van der Waals surface area contributed by atoms with Crippen molar-refractivity contribution >= 4 is 45.1 Å². The molecule has 0 saturated carbocycles. The Bertz CT molecular complexity index is 1150. The smallest absolute Gasteiger partial charge is 0.291 e. The van der Waals surface area contributed by atoms with Crippen LogP contribution < -0.4 is 10.1 Å². The molecule has 0 spiro atoms. The molecular weight excluding hydrogens is 352 g/mol. The molecule has 2 aromatic carbocycles. The topological polar surface area (TPSA) is 64.4 Å². The van der Waals surface area contributed by atoms with E-state index in [4.69, 9.17) is 20.8 Å². The molecule has 0 fully saturated rings. The predicted octanol–water partition coefficient (Wildman–Crippen LogP) is 5.20. The number of halogens is 1. The van der Waals surface area contributed by atoms with Gasteiger partial charge in [0.05, 0.1) is 17.6 Å². The van der Waals surface area contributed by atoms with Gasteiger partial charge in [0, 0.05) is 22.2 Å². The lowest BCUT2D eigenvalue weighted by Crippen LogP contribution is -2.10. The summed E-state index contributed by atoms with van der Waals surface area (Å²) in [6.45, 7) is 1.90. The van der Waals surface area contributed by atoms with Crippen LogP contribution in [0.2, 0.25) is 5.02 Å². The summed E-state index contributed by atoms with van der Waals surface area (Å²) in [6, 6.07) is 14.4. The number of hydrogen-bond acceptors (Lipinski definition) is 4. The van der Waals surface area contributed by atoms with Crippen molar-refractivity contribution in [3.8, 4) is 5.75 Å². The zero-order chi connectivity index (χ0) is 18.3. The fraction of sp³-hybridized carbons (Fsp3) is 0.100. The Morgan fingerprint density at radius 2 is 1.96 bits per heavy atom. The fourth-order valence-electron chi connectivity index (χ4n) is 2.91. The average molecular weight is 367 g/mol. The van der Waals surface area contributed by atoms with Gasteiger partial charge in [-0.25, -0.2) is 0 Å². The number of pyridine rings is 1. The molecule has 2 aromatic heterocycles. The zero-order valence-electron chi connectivity index (χ0n) is 14.2. The predicted molar refractivity (Wildman–Crippen MR) is 102 cm³/mol. The number of hydrogen-bond donors (Lipinski definition) is 1. The summed E-state index contributed by atoms with van der Waals surface area (Å²) < 4.78 is 11.0. The molecule has 4 rings (SSSR count). The van der Waals surface area contributed by atoms with E-state index in [1.54, 1.807) is 24.3 Å². The monoisotopic (exact) mass is 366 g/mol. The van der Waals surface area contributed by atoms with Crippen LogP contribution in [0.4, 0.5) is 5.69 Å². The number of nitrogens with one attached hydrogen (secondary N) is 1. The Balaban J connectivity index is 1.72. The first-order chi connectivity index (χ1) is 12.6. The summed E-state index contributed by atoms with van der Waals surface area (Å²) in [5.41, 5.74) is 2.86. The second-order valence-corrected chi connectivity index (χ2v) is 6.28. The Labute approximate surface area is 154 Å². The van der Waals surface area contributed by atoms with Gasteiger partial charge in [-0.05, 0) is 43.3 Å². The summed E-state index contributed by atoms with van der Waals surface area (Å²) in [7, 11) is 1.54. The Morgan fingerprint density at radius 1 is 1.15 bits per heavy atom. The van der Waals surface area contributed by atoms with E-state index < -0.39 is 0 Å². The quantitative estimate of drug-likeness (QED) is 0.541. The Kier molecular flexibility index (Phi) is 4.01. The van der Waals surface area contributed by atoms with Gasteiger partial charge in [0.25, 0.3) is 5.91 Å². The molecule has 0 aliphatic rings. The molecule has 0 aliphatic heterocycles. The van der Waals surface area contributed by atoms with Gasteiger partial charge in [0.2, 0.25) is 0 Å². The number of methoxy groups -OCH3 is 1. The molecule has 1 amide bonds. The highest BCUT2D eigenvalue weighted by atomic mass is 35.5. The molecule has 0 radical (unpaired) electrons. The van der Waals surface area contributed by atoms with E-state index in [1.807, 2.05) is 31.2 Å². The van der Waals surface area contributed by atoms with Gasteiger partial charge >= 0.3 is 0 Å². The van der Waals surface area contributed by atoms with E-state index in [2.05, 4.69) is 10.3 Å². The number of aryl methyl sites for hydroxylation is 1. The van der Waals surface area contributed by atoms with Crippen LogP contribution in [0.3, 0.4) is 0 Å². The molecule has 0 bridgehead atoms. The third kappa shape index (κ3) is 2.76. The summed E-state index contributed by atoms with van der Waals surface area (Å²) in [6.07, 6.45) is 0. The third-order valence-electron chi connectivity index (χ3n) is 4.19. The Morgan fingerprint density at radius 3 is 2.73 bits per heavy atom. The maximum Gasteiger partial charge on any atom is 0.291 e. The van der Waals surface area contributed by atoms with Gasteiger partial charge in [-0.15, -0.1) is 0 Å². The summed E-state index contributed by atoms with van der Waals surface area (Å²) >= 11 is 6.10. The van der Waals surface area contributed by atoms with Gasteiger partial charge in [0.15, 0.2) is 5.76 Å². The lowest BCUT2D eigenvalue weighted by molar-refractivity contribution is 0.0999. The summed E-state index contributed by atoms with van der Waals surface area (Å²) in [5, 5.41) is 4.90. The van der Waals surface area contributed by atoms with Crippen LogP contribution in [-0.4, -0.2) is 18.0 Å². The zero-order valence-corrected chi connectivity index (χ0v) is 14.9. The number of fused-ring (bicyclic) bond motifs is 3. The highest BCUT2D eigenvalue weighted by molar-refractivity contribution is 6.32. The minimum atomic E-state index is -0.356. The molecule has 0 atom stereocenters. The molecule has 0 aliphatic carbocycles. The van der Waals surface area contributed by atoms with Crippen LogP contribution in [0.5, 0.6) is 5.75 Å². The van der Waals surface area contributed by atoms with Crippen molar-refractivity contribution in [2.24, 2.45) is 0 Å². The van der Waals surface area contributed by atoms with Crippen molar-refractivity contribution in [1.82, 2.24) is 4.98 Å². The second kappa shape index (κ2) is 6.35. The molecular formula is C20H15ClN2O3. The molecule has 0 unspecified atom stereocenters. The number of rotatable bonds is 3. The largest absolute Gasteiger partial charge is 0.495 e. The number of anilines is 1. The van der Waals surface area contributed by atoms with Crippen LogP contribution in [-0.2, 0) is 0 Å². The molecule has 130 valence electrons. The molecule has 6 heteroatoms. The van der Waals surface area contributed by atoms with Crippen molar-refractivity contribution in [3.63, 3.8) is 0 Å². The van der Waals surface area contributed by atoms with Crippen LogP contribution in [0.25, 0.3) is 21.9 Å². The van der Waals surface area contributed by atoms with Gasteiger partial charge < -0.3 is 14.5 Å². The van der Waals surface area contributed by atoms with Gasteiger partial charge in [-0.1, -0.05) is 23.7 Å². The molecule has 0 saturated heterocycles. The first kappa shape index (κ1) is 16.4. The first-order valence-electron chi connectivity index (χ1n) is 8.00. The minimum absolute atomic E-state index is 0.216. The Hall–Kier alpha value is -3.05. The SMILES string of the molecule is COc1ccc(NC(=O)c2cc3c(C)nc4ccccc4c3o2)cc1Cl. The number of benzene rings is 2. The average Bonchev–Trinajstić information content (AvgIpc) is 3.08. The standard InChI is InChI=1S/C20H15ClN2O3/c1-11-14-10-18(26-19(14)13-5-3-4-6-16(13)22-11)20(24)23-12-7-8-17(25-2)15(21)9-12/h3-10H,1-2H3,(H,23,24). The normalized spacial score (nSPS) is 11.0. The van der Waals surface area contributed by atoms with E-state index in [0.29, 0.717) is 22.0 Å². The van der Waals surface area contributed by atoms with Crippen LogP contribution >= 0.6 is 11.6 Å². The van der Waals surface area contributed by atoms with Crippen molar-refractivity contribution in [1.29, 1.82) is 0 Å². The summed E-state index contributed by atoms with van der Waals surface area (Å²) in [4.78, 5) is 17.2. The van der Waals surface area contributed by atoms with E-state index in [9.17, 15) is 4.79 Å². The number of nitrogens with zero attached hydrogens (tertiary/aromatic N) is 1. The highest BCUT2D eigenvalue weighted by Gasteiger charge is 2.17.